The lowest BCUT2D eigenvalue weighted by atomic mass is 9.49. The van der Waals surface area contributed by atoms with E-state index in [0.29, 0.717) is 12.3 Å². The van der Waals surface area contributed by atoms with Gasteiger partial charge in [-0.25, -0.2) is 0 Å². The van der Waals surface area contributed by atoms with E-state index in [1.54, 1.807) is 0 Å². The third-order valence-corrected chi connectivity index (χ3v) is 10.0. The lowest BCUT2D eigenvalue weighted by Gasteiger charge is -2.55. The van der Waals surface area contributed by atoms with Crippen LogP contribution in [0.2, 0.25) is 0 Å². The van der Waals surface area contributed by atoms with Crippen molar-refractivity contribution >= 4 is 5.78 Å². The SMILES string of the molecule is CCCC1C(CC)CCC2C1CCC1(C)C(C(=O)Cn3ncnn3)CC(C3CC3)C21. The number of rotatable bonds is 7. The zero-order valence-electron chi connectivity index (χ0n) is 19.2. The van der Waals surface area contributed by atoms with Crippen molar-refractivity contribution in [1.29, 1.82) is 0 Å². The normalized spacial score (nSPS) is 43.2. The summed E-state index contributed by atoms with van der Waals surface area (Å²) in [5, 5.41) is 11.9. The van der Waals surface area contributed by atoms with Crippen LogP contribution in [0.5, 0.6) is 0 Å². The second kappa shape index (κ2) is 8.02. The second-order valence-electron chi connectivity index (χ2n) is 11.3. The molecule has 8 atom stereocenters. The van der Waals surface area contributed by atoms with Crippen LogP contribution >= 0.6 is 0 Å². The van der Waals surface area contributed by atoms with Gasteiger partial charge in [0.25, 0.3) is 0 Å². The van der Waals surface area contributed by atoms with Crippen molar-refractivity contribution in [3.05, 3.63) is 6.33 Å². The summed E-state index contributed by atoms with van der Waals surface area (Å²) in [6, 6.07) is 0. The minimum Gasteiger partial charge on any atom is -0.297 e. The van der Waals surface area contributed by atoms with Crippen LogP contribution in [0.1, 0.15) is 85.0 Å². The molecule has 0 saturated heterocycles. The first-order chi connectivity index (χ1) is 14.6. The van der Waals surface area contributed by atoms with Gasteiger partial charge in [0.05, 0.1) is 0 Å². The van der Waals surface area contributed by atoms with Crippen molar-refractivity contribution in [3.63, 3.8) is 0 Å². The van der Waals surface area contributed by atoms with Crippen molar-refractivity contribution in [1.82, 2.24) is 20.2 Å². The Morgan fingerprint density at radius 3 is 2.60 bits per heavy atom. The standard InChI is InChI=1S/C25H40N4O/c1-4-6-18-16(5-2)9-10-20-19(18)11-12-25(3)22(13-21(24(20)25)17-7-8-17)23(30)14-29-27-15-26-28-29/h15-22,24H,4-14H2,1-3H3. The van der Waals surface area contributed by atoms with Crippen LogP contribution in [0.15, 0.2) is 6.33 Å². The number of carbonyl (C=O) groups excluding carboxylic acids is 1. The Hall–Kier alpha value is -1.26. The van der Waals surface area contributed by atoms with Gasteiger partial charge in [0.2, 0.25) is 0 Å². The first-order valence-electron chi connectivity index (χ1n) is 12.8. The van der Waals surface area contributed by atoms with Crippen molar-refractivity contribution in [2.45, 2.75) is 91.5 Å². The van der Waals surface area contributed by atoms with Crippen LogP contribution in [0, 0.1) is 52.8 Å². The Labute approximate surface area is 181 Å². The summed E-state index contributed by atoms with van der Waals surface area (Å²) in [6.45, 7) is 7.58. The Kier molecular flexibility index (Phi) is 5.51. The van der Waals surface area contributed by atoms with Crippen LogP contribution in [-0.2, 0) is 11.3 Å². The average Bonchev–Trinajstić information content (AvgIpc) is 3.36. The molecule has 166 valence electrons. The molecular weight excluding hydrogens is 372 g/mol. The molecule has 4 aliphatic carbocycles. The van der Waals surface area contributed by atoms with Gasteiger partial charge in [0, 0.05) is 5.92 Å². The van der Waals surface area contributed by atoms with Gasteiger partial charge in [-0.05, 0) is 97.0 Å². The predicted octanol–water partition coefficient (Wildman–Crippen LogP) is 5.17. The molecule has 5 rings (SSSR count). The molecule has 0 spiro atoms. The van der Waals surface area contributed by atoms with E-state index in [1.807, 2.05) is 0 Å². The number of ketones is 1. The Balaban J connectivity index is 1.42. The maximum Gasteiger partial charge on any atom is 0.162 e. The number of hydrogen-bond acceptors (Lipinski definition) is 4. The van der Waals surface area contributed by atoms with Crippen molar-refractivity contribution < 1.29 is 4.79 Å². The molecule has 0 N–H and O–H groups in total. The molecule has 4 aliphatic rings. The molecule has 5 nitrogen and oxygen atoms in total. The van der Waals surface area contributed by atoms with Crippen LogP contribution in [-0.4, -0.2) is 26.0 Å². The molecule has 1 aromatic heterocycles. The molecule has 1 heterocycles. The van der Waals surface area contributed by atoms with Crippen LogP contribution in [0.4, 0.5) is 0 Å². The van der Waals surface area contributed by atoms with Crippen LogP contribution < -0.4 is 0 Å². The number of nitrogens with zero attached hydrogens (tertiary/aromatic N) is 4. The minimum absolute atomic E-state index is 0.182. The number of aromatic nitrogens is 4. The van der Waals surface area contributed by atoms with Gasteiger partial charge in [-0.2, -0.15) is 4.80 Å². The summed E-state index contributed by atoms with van der Waals surface area (Å²) in [6.07, 6.45) is 14.9. The lowest BCUT2D eigenvalue weighted by molar-refractivity contribution is -0.131. The van der Waals surface area contributed by atoms with Gasteiger partial charge in [0.1, 0.15) is 6.54 Å². The maximum absolute atomic E-state index is 13.5. The van der Waals surface area contributed by atoms with Crippen LogP contribution in [0.25, 0.3) is 0 Å². The van der Waals surface area contributed by atoms with Crippen molar-refractivity contribution in [3.8, 4) is 0 Å². The molecule has 4 fully saturated rings. The molecule has 30 heavy (non-hydrogen) atoms. The molecule has 1 aromatic rings. The summed E-state index contributed by atoms with van der Waals surface area (Å²) in [5.41, 5.74) is 0.182. The Morgan fingerprint density at radius 2 is 1.93 bits per heavy atom. The van der Waals surface area contributed by atoms with E-state index < -0.39 is 0 Å². The Bertz CT molecular complexity index is 744. The summed E-state index contributed by atoms with van der Waals surface area (Å²) in [4.78, 5) is 14.9. The highest BCUT2D eigenvalue weighted by molar-refractivity contribution is 5.82. The van der Waals surface area contributed by atoms with E-state index in [9.17, 15) is 4.79 Å². The van der Waals surface area contributed by atoms with E-state index in [1.165, 1.54) is 68.9 Å². The summed E-state index contributed by atoms with van der Waals surface area (Å²) in [7, 11) is 0. The molecule has 5 heteroatoms. The van der Waals surface area contributed by atoms with Gasteiger partial charge < -0.3 is 0 Å². The Morgan fingerprint density at radius 1 is 1.10 bits per heavy atom. The van der Waals surface area contributed by atoms with Crippen LogP contribution in [0.3, 0.4) is 0 Å². The number of fused-ring (bicyclic) bond motifs is 3. The third kappa shape index (κ3) is 3.35. The van der Waals surface area contributed by atoms with Gasteiger partial charge in [0.15, 0.2) is 12.1 Å². The summed E-state index contributed by atoms with van der Waals surface area (Å²) < 4.78 is 0. The highest BCUT2D eigenvalue weighted by Gasteiger charge is 2.63. The highest BCUT2D eigenvalue weighted by Crippen LogP contribution is 2.68. The number of Topliss-reactive ketones (excluding diaryl/α,β-unsaturated/α-hetero) is 1. The topological polar surface area (TPSA) is 60.7 Å². The van der Waals surface area contributed by atoms with Crippen molar-refractivity contribution in [2.24, 2.45) is 52.8 Å². The van der Waals surface area contributed by atoms with Gasteiger partial charge in [-0.15, -0.1) is 10.2 Å². The predicted molar refractivity (Wildman–Crippen MR) is 116 cm³/mol. The molecule has 0 radical (unpaired) electrons. The fraction of sp³-hybridized carbons (Fsp3) is 0.920. The number of hydrogen-bond donors (Lipinski definition) is 0. The first-order valence-corrected chi connectivity index (χ1v) is 12.8. The van der Waals surface area contributed by atoms with Crippen molar-refractivity contribution in [2.75, 3.05) is 0 Å². The van der Waals surface area contributed by atoms with E-state index in [2.05, 4.69) is 36.2 Å². The van der Waals surface area contributed by atoms with Gasteiger partial charge in [-0.3, -0.25) is 4.79 Å². The highest BCUT2D eigenvalue weighted by atomic mass is 16.1. The van der Waals surface area contributed by atoms with Gasteiger partial charge in [-0.1, -0.05) is 40.0 Å². The van der Waals surface area contributed by atoms with E-state index in [4.69, 9.17) is 0 Å². The smallest absolute Gasteiger partial charge is 0.162 e. The summed E-state index contributed by atoms with van der Waals surface area (Å²) in [5.74, 6) is 6.61. The molecule has 0 amide bonds. The van der Waals surface area contributed by atoms with E-state index in [0.717, 1.165) is 47.8 Å². The molecule has 4 saturated carbocycles. The monoisotopic (exact) mass is 412 g/mol. The first kappa shape index (κ1) is 20.6. The molecule has 0 aliphatic heterocycles. The maximum atomic E-state index is 13.5. The number of carbonyl (C=O) groups is 1. The summed E-state index contributed by atoms with van der Waals surface area (Å²) >= 11 is 0. The number of tetrazole rings is 1. The molecular formula is C25H40N4O. The zero-order chi connectivity index (χ0) is 20.9. The minimum atomic E-state index is 0.182. The second-order valence-corrected chi connectivity index (χ2v) is 11.3. The molecule has 0 aromatic carbocycles. The van der Waals surface area contributed by atoms with Gasteiger partial charge >= 0.3 is 0 Å². The largest absolute Gasteiger partial charge is 0.297 e. The van der Waals surface area contributed by atoms with E-state index in [-0.39, 0.29) is 11.3 Å². The van der Waals surface area contributed by atoms with E-state index >= 15 is 0 Å². The zero-order valence-corrected chi connectivity index (χ0v) is 19.2. The lowest BCUT2D eigenvalue weighted by Crippen LogP contribution is -2.50. The average molecular weight is 413 g/mol. The fourth-order valence-electron chi connectivity index (χ4n) is 8.72. The quantitative estimate of drug-likeness (QED) is 0.619. The fourth-order valence-corrected chi connectivity index (χ4v) is 8.72. The molecule has 8 unspecified atom stereocenters. The molecule has 0 bridgehead atoms. The third-order valence-electron chi connectivity index (χ3n) is 10.0.